The number of benzene rings is 2. The molecule has 10 nitrogen and oxygen atoms in total. The maximum atomic E-state index is 14.4. The van der Waals surface area contributed by atoms with Gasteiger partial charge in [0.25, 0.3) is 5.91 Å². The van der Waals surface area contributed by atoms with E-state index in [1.807, 2.05) is 32.0 Å². The van der Waals surface area contributed by atoms with Crippen LogP contribution in [0, 0.1) is 11.8 Å². The lowest BCUT2D eigenvalue weighted by atomic mass is 9.88. The molecule has 0 bridgehead atoms. The van der Waals surface area contributed by atoms with Crippen LogP contribution in [0.1, 0.15) is 88.1 Å². The molecule has 2 amide bonds. The van der Waals surface area contributed by atoms with Crippen molar-refractivity contribution < 1.29 is 33.6 Å². The number of hydrogen-bond donors (Lipinski definition) is 2. The van der Waals surface area contributed by atoms with Crippen LogP contribution >= 0.6 is 0 Å². The summed E-state index contributed by atoms with van der Waals surface area (Å²) in [5.74, 6) is 1.76. The Balaban J connectivity index is 1.36. The van der Waals surface area contributed by atoms with Crippen molar-refractivity contribution in [2.75, 3.05) is 45.5 Å². The van der Waals surface area contributed by atoms with E-state index in [2.05, 4.69) is 30.3 Å². The number of carbonyl (C=O) groups is 2. The third kappa shape index (κ3) is 9.39. The van der Waals surface area contributed by atoms with Crippen LogP contribution in [0.5, 0.6) is 17.2 Å². The van der Waals surface area contributed by atoms with Crippen LogP contribution in [-0.2, 0) is 16.1 Å². The van der Waals surface area contributed by atoms with Gasteiger partial charge in [-0.2, -0.15) is 0 Å². The Bertz CT molecular complexity index is 1350. The molecule has 3 aliphatic rings. The molecule has 0 spiro atoms. The van der Waals surface area contributed by atoms with E-state index in [9.17, 15) is 14.7 Å². The molecule has 2 aromatic rings. The normalized spacial score (nSPS) is 23.5. The third-order valence-corrected chi connectivity index (χ3v) is 9.68. The number of anilines is 1. The van der Waals surface area contributed by atoms with E-state index in [-0.39, 0.29) is 49.3 Å². The van der Waals surface area contributed by atoms with Gasteiger partial charge in [0.15, 0.2) is 11.5 Å². The van der Waals surface area contributed by atoms with Crippen LogP contribution in [0.4, 0.5) is 5.69 Å². The lowest BCUT2D eigenvalue weighted by molar-refractivity contribution is -0.120. The van der Waals surface area contributed by atoms with Crippen molar-refractivity contribution in [3.8, 4) is 17.2 Å². The Labute approximate surface area is 279 Å². The third-order valence-electron chi connectivity index (χ3n) is 9.68. The Hall–Kier alpha value is -3.34. The summed E-state index contributed by atoms with van der Waals surface area (Å²) in [6.45, 7) is 8.41. The van der Waals surface area contributed by atoms with Crippen molar-refractivity contribution >= 4 is 17.5 Å². The fourth-order valence-electron chi connectivity index (χ4n) is 6.79. The van der Waals surface area contributed by atoms with Crippen molar-refractivity contribution in [3.05, 3.63) is 47.5 Å². The minimum absolute atomic E-state index is 0.00346. The van der Waals surface area contributed by atoms with Gasteiger partial charge in [-0.15, -0.1) is 0 Å². The van der Waals surface area contributed by atoms with Crippen LogP contribution in [-0.4, -0.2) is 85.1 Å². The second kappa shape index (κ2) is 16.7. The average Bonchev–Trinajstić information content (AvgIpc) is 3.54. The lowest BCUT2D eigenvalue weighted by Crippen LogP contribution is -2.47. The Morgan fingerprint density at radius 3 is 2.53 bits per heavy atom. The molecule has 0 unspecified atom stereocenters. The van der Waals surface area contributed by atoms with Crippen LogP contribution in [0.3, 0.4) is 0 Å². The zero-order chi connectivity index (χ0) is 33.3. The zero-order valence-electron chi connectivity index (χ0n) is 28.5. The monoisotopic (exact) mass is 651 g/mol. The van der Waals surface area contributed by atoms with Gasteiger partial charge in [0.1, 0.15) is 5.75 Å². The van der Waals surface area contributed by atoms with Crippen molar-refractivity contribution in [1.29, 1.82) is 0 Å². The predicted octanol–water partition coefficient (Wildman–Crippen LogP) is 5.86. The van der Waals surface area contributed by atoms with Gasteiger partial charge in [0.2, 0.25) is 12.7 Å². The molecular formula is C37H53N3O7. The fraction of sp³-hybridized carbons (Fsp3) is 0.622. The molecule has 0 radical (unpaired) electrons. The summed E-state index contributed by atoms with van der Waals surface area (Å²) in [6, 6.07) is 11.0. The highest BCUT2D eigenvalue weighted by Crippen LogP contribution is 2.33. The topological polar surface area (TPSA) is 110 Å². The summed E-state index contributed by atoms with van der Waals surface area (Å²) in [7, 11) is 2.07. The van der Waals surface area contributed by atoms with E-state index in [1.54, 1.807) is 17.0 Å². The molecule has 2 heterocycles. The van der Waals surface area contributed by atoms with Crippen molar-refractivity contribution in [2.45, 2.75) is 96.9 Å². The van der Waals surface area contributed by atoms with Crippen molar-refractivity contribution in [3.63, 3.8) is 0 Å². The van der Waals surface area contributed by atoms with E-state index in [0.29, 0.717) is 43.2 Å². The summed E-state index contributed by atoms with van der Waals surface area (Å²) >= 11 is 0. The highest BCUT2D eigenvalue weighted by Gasteiger charge is 2.31. The molecule has 2 N–H and O–H groups in total. The smallest absolute Gasteiger partial charge is 0.258 e. The number of hydrogen-bond acceptors (Lipinski definition) is 8. The van der Waals surface area contributed by atoms with Crippen molar-refractivity contribution in [2.24, 2.45) is 11.8 Å². The molecule has 1 aliphatic carbocycles. The van der Waals surface area contributed by atoms with Gasteiger partial charge >= 0.3 is 0 Å². The number of aliphatic hydroxyl groups excluding tert-OH is 1. The fourth-order valence-corrected chi connectivity index (χ4v) is 6.79. The van der Waals surface area contributed by atoms with E-state index in [4.69, 9.17) is 18.9 Å². The molecule has 5 rings (SSSR count). The maximum absolute atomic E-state index is 14.4. The summed E-state index contributed by atoms with van der Waals surface area (Å²) in [5.41, 5.74) is 2.09. The minimum Gasteiger partial charge on any atom is -0.490 e. The largest absolute Gasteiger partial charge is 0.490 e. The SMILES string of the molecule is C[C@H]1CCCCO[C@H](CN(C)Cc2ccc3c(c2)OCO3)[C@@H](C)CN([C@@H](C)CO)C(=O)c2cc(NC(=O)C3CCCCC3)ccc2O1. The summed E-state index contributed by atoms with van der Waals surface area (Å²) in [6.07, 6.45) is 7.49. The predicted molar refractivity (Wildman–Crippen MR) is 181 cm³/mol. The second-order valence-electron chi connectivity index (χ2n) is 13.7. The van der Waals surface area contributed by atoms with Gasteiger partial charge in [-0.1, -0.05) is 32.3 Å². The highest BCUT2D eigenvalue weighted by atomic mass is 16.7. The quantitative estimate of drug-likeness (QED) is 0.365. The van der Waals surface area contributed by atoms with Crippen molar-refractivity contribution in [1.82, 2.24) is 9.80 Å². The second-order valence-corrected chi connectivity index (χ2v) is 13.7. The van der Waals surface area contributed by atoms with Crippen LogP contribution in [0.25, 0.3) is 0 Å². The highest BCUT2D eigenvalue weighted by molar-refractivity contribution is 6.00. The van der Waals surface area contributed by atoms with E-state index >= 15 is 0 Å². The average molecular weight is 652 g/mol. The molecule has 47 heavy (non-hydrogen) atoms. The number of fused-ring (bicyclic) bond motifs is 2. The molecule has 2 aliphatic heterocycles. The van der Waals surface area contributed by atoms with Crippen LogP contribution in [0.2, 0.25) is 0 Å². The first-order chi connectivity index (χ1) is 22.7. The molecule has 4 atom stereocenters. The van der Waals surface area contributed by atoms with Gasteiger partial charge in [0, 0.05) is 43.8 Å². The molecule has 2 aromatic carbocycles. The first-order valence-electron chi connectivity index (χ1n) is 17.4. The number of nitrogens with zero attached hydrogens (tertiary/aromatic N) is 2. The summed E-state index contributed by atoms with van der Waals surface area (Å²) in [4.78, 5) is 31.5. The molecule has 258 valence electrons. The van der Waals surface area contributed by atoms with E-state index in [0.717, 1.165) is 62.0 Å². The zero-order valence-corrected chi connectivity index (χ0v) is 28.5. The number of nitrogens with one attached hydrogen (secondary N) is 1. The Kier molecular flexibility index (Phi) is 12.4. The van der Waals surface area contributed by atoms with Gasteiger partial charge in [0.05, 0.1) is 30.4 Å². The molecule has 1 saturated carbocycles. The number of rotatable bonds is 8. The molecule has 0 saturated heterocycles. The number of amides is 2. The number of ether oxygens (including phenoxy) is 4. The molecule has 1 fully saturated rings. The number of aliphatic hydroxyl groups is 1. The minimum atomic E-state index is -0.435. The first-order valence-corrected chi connectivity index (χ1v) is 17.4. The summed E-state index contributed by atoms with van der Waals surface area (Å²) < 4.78 is 23.9. The van der Waals surface area contributed by atoms with E-state index < -0.39 is 6.04 Å². The van der Waals surface area contributed by atoms with Gasteiger partial charge in [-0.25, -0.2) is 0 Å². The van der Waals surface area contributed by atoms with Crippen LogP contribution in [0.15, 0.2) is 36.4 Å². The molecule has 10 heteroatoms. The molecular weight excluding hydrogens is 598 g/mol. The van der Waals surface area contributed by atoms with Gasteiger partial charge in [-0.3, -0.25) is 14.5 Å². The van der Waals surface area contributed by atoms with Gasteiger partial charge < -0.3 is 34.3 Å². The maximum Gasteiger partial charge on any atom is 0.258 e. The van der Waals surface area contributed by atoms with Crippen LogP contribution < -0.4 is 19.5 Å². The van der Waals surface area contributed by atoms with Gasteiger partial charge in [-0.05, 0) is 88.9 Å². The summed E-state index contributed by atoms with van der Waals surface area (Å²) in [5, 5.41) is 13.3. The Morgan fingerprint density at radius 2 is 1.74 bits per heavy atom. The number of carbonyl (C=O) groups excluding carboxylic acids is 2. The molecule has 0 aromatic heterocycles. The van der Waals surface area contributed by atoms with E-state index in [1.165, 1.54) is 6.42 Å². The standard InChI is InChI=1S/C37H53N3O7/c1-25-20-40(26(2)23-41)37(43)31-19-30(38-36(42)29-11-6-5-7-12-29)14-16-32(31)47-27(3)10-8-9-17-44-35(25)22-39(4)21-28-13-15-33-34(18-28)46-24-45-33/h13-16,18-19,25-27,29,35,41H,5-12,17,20-24H2,1-4H3,(H,38,42)/t25-,26-,27-,35+/m0/s1. The first kappa shape index (κ1) is 35.0. The number of likely N-dealkylation sites (N-methyl/N-ethyl adjacent to an activating group) is 1. The Morgan fingerprint density at radius 1 is 1.00 bits per heavy atom. The lowest BCUT2D eigenvalue weighted by Gasteiger charge is -2.36.